The number of nitriles is 1. The summed E-state index contributed by atoms with van der Waals surface area (Å²) in [4.78, 5) is 0. The van der Waals surface area contributed by atoms with E-state index in [9.17, 15) is 0 Å². The third-order valence-corrected chi connectivity index (χ3v) is 5.25. The predicted molar refractivity (Wildman–Crippen MR) is 88.3 cm³/mol. The van der Waals surface area contributed by atoms with Crippen LogP contribution in [-0.2, 0) is 27.8 Å². The number of rotatable bonds is 9. The zero-order valence-corrected chi connectivity index (χ0v) is 15.4. The Balaban J connectivity index is 1.87. The maximum atomic E-state index is 8.69. The highest BCUT2D eigenvalue weighted by atomic mass is 31.2. The van der Waals surface area contributed by atoms with Crippen molar-refractivity contribution in [3.05, 3.63) is 0 Å². The van der Waals surface area contributed by atoms with Gasteiger partial charge in [0.05, 0.1) is 56.2 Å². The van der Waals surface area contributed by atoms with Gasteiger partial charge in [0.2, 0.25) is 0 Å². The molecule has 7 atom stereocenters. The Morgan fingerprint density at radius 1 is 1.21 bits per heavy atom. The van der Waals surface area contributed by atoms with E-state index < -0.39 is 8.60 Å². The molecule has 8 heteroatoms. The van der Waals surface area contributed by atoms with Crippen LogP contribution < -0.4 is 0 Å². The van der Waals surface area contributed by atoms with Gasteiger partial charge in [-0.25, -0.2) is 0 Å². The van der Waals surface area contributed by atoms with E-state index in [1.807, 2.05) is 19.9 Å². The highest BCUT2D eigenvalue weighted by Gasteiger charge is 2.36. The van der Waals surface area contributed by atoms with Crippen LogP contribution in [0.5, 0.6) is 0 Å². The Morgan fingerprint density at radius 2 is 1.96 bits per heavy atom. The minimum atomic E-state index is -1.64. The summed E-state index contributed by atoms with van der Waals surface area (Å²) in [5.41, 5.74) is 0. The average molecular weight is 362 g/mol. The van der Waals surface area contributed by atoms with Crippen LogP contribution in [0.1, 0.15) is 41.4 Å². The fraction of sp³-hybridized carbons (Fsp3) is 0.938. The van der Waals surface area contributed by atoms with Gasteiger partial charge in [-0.1, -0.05) is 0 Å². The van der Waals surface area contributed by atoms with Crippen LogP contribution in [-0.4, -0.2) is 56.9 Å². The number of ether oxygens (including phenoxy) is 3. The Bertz CT molecular complexity index is 439. The van der Waals surface area contributed by atoms with E-state index in [1.54, 1.807) is 7.11 Å². The van der Waals surface area contributed by atoms with Gasteiger partial charge in [0.25, 0.3) is 0 Å². The average Bonchev–Trinajstić information content (AvgIpc) is 3.14. The van der Waals surface area contributed by atoms with E-state index in [0.29, 0.717) is 13.0 Å². The molecule has 0 bridgehead atoms. The molecule has 2 aliphatic heterocycles. The summed E-state index contributed by atoms with van der Waals surface area (Å²) in [5, 5.41) is 8.69. The molecule has 2 saturated heterocycles. The lowest BCUT2D eigenvalue weighted by Crippen LogP contribution is -2.28. The third kappa shape index (κ3) is 5.89. The van der Waals surface area contributed by atoms with E-state index in [4.69, 9.17) is 34.4 Å². The van der Waals surface area contributed by atoms with Gasteiger partial charge >= 0.3 is 8.60 Å². The Hall–Kier alpha value is -0.320. The minimum absolute atomic E-state index is 0.0122. The van der Waals surface area contributed by atoms with Crippen LogP contribution in [0.4, 0.5) is 0 Å². The second-order valence-electron chi connectivity index (χ2n) is 6.12. The number of methoxy groups -OCH3 is 1. The minimum Gasteiger partial charge on any atom is -0.379 e. The highest BCUT2D eigenvalue weighted by molar-refractivity contribution is 7.41. The molecule has 7 unspecified atom stereocenters. The van der Waals surface area contributed by atoms with Gasteiger partial charge < -0.3 is 27.8 Å². The van der Waals surface area contributed by atoms with Crippen LogP contribution in [0.15, 0.2) is 0 Å². The van der Waals surface area contributed by atoms with Gasteiger partial charge in [0.15, 0.2) is 0 Å². The Morgan fingerprint density at radius 3 is 2.67 bits per heavy atom. The summed E-state index contributed by atoms with van der Waals surface area (Å²) < 4.78 is 41.9. The van der Waals surface area contributed by atoms with Crippen LogP contribution in [0.25, 0.3) is 0 Å². The monoisotopic (exact) mass is 362 g/mol. The lowest BCUT2D eigenvalue weighted by Gasteiger charge is -2.24. The molecule has 0 radical (unpaired) electrons. The molecule has 7 nitrogen and oxygen atoms in total. The second-order valence-corrected chi connectivity index (χ2v) is 7.29. The van der Waals surface area contributed by atoms with Gasteiger partial charge in [-0.05, 0) is 20.7 Å². The Kier molecular flexibility index (Phi) is 7.68. The van der Waals surface area contributed by atoms with Crippen molar-refractivity contribution in [1.29, 1.82) is 5.26 Å². The summed E-state index contributed by atoms with van der Waals surface area (Å²) >= 11 is 0. The van der Waals surface area contributed by atoms with E-state index >= 15 is 0 Å². The SMILES string of the molecule is [2H]CC1OC(C)CC1OP(OCCC#N)OCC1OC(C)CC1OC. The molecule has 24 heavy (non-hydrogen) atoms. The van der Waals surface area contributed by atoms with Crippen molar-refractivity contribution in [3.8, 4) is 6.07 Å². The van der Waals surface area contributed by atoms with Crippen LogP contribution in [0, 0.1) is 11.3 Å². The lowest BCUT2D eigenvalue weighted by atomic mass is 10.1. The van der Waals surface area contributed by atoms with Crippen LogP contribution in [0.3, 0.4) is 0 Å². The molecule has 0 aromatic carbocycles. The molecule has 2 aliphatic rings. The van der Waals surface area contributed by atoms with Crippen molar-refractivity contribution >= 4 is 8.60 Å². The molecule has 2 heterocycles. The van der Waals surface area contributed by atoms with Crippen molar-refractivity contribution in [2.24, 2.45) is 0 Å². The van der Waals surface area contributed by atoms with Crippen molar-refractivity contribution in [2.45, 2.75) is 76.6 Å². The highest BCUT2D eigenvalue weighted by Crippen LogP contribution is 2.45. The fourth-order valence-corrected chi connectivity index (χ4v) is 4.00. The summed E-state index contributed by atoms with van der Waals surface area (Å²) in [5.74, 6) is 0. The molecule has 0 aliphatic carbocycles. The van der Waals surface area contributed by atoms with Crippen LogP contribution in [0.2, 0.25) is 0 Å². The summed E-state index contributed by atoms with van der Waals surface area (Å²) in [6.07, 6.45) is 1.28. The molecule has 138 valence electrons. The van der Waals surface area contributed by atoms with Gasteiger partial charge in [0, 0.05) is 21.3 Å². The topological polar surface area (TPSA) is 79.2 Å². The van der Waals surface area contributed by atoms with Crippen molar-refractivity contribution in [3.63, 3.8) is 0 Å². The largest absolute Gasteiger partial charge is 0.379 e. The van der Waals surface area contributed by atoms with E-state index in [0.717, 1.165) is 6.42 Å². The molecule has 2 rings (SSSR count). The maximum absolute atomic E-state index is 8.69. The molecule has 0 aromatic rings. The number of hydrogen-bond acceptors (Lipinski definition) is 7. The normalized spacial score (nSPS) is 38.0. The van der Waals surface area contributed by atoms with E-state index in [2.05, 4.69) is 0 Å². The lowest BCUT2D eigenvalue weighted by molar-refractivity contribution is -0.0324. The third-order valence-electron chi connectivity index (χ3n) is 4.05. The summed E-state index contributed by atoms with van der Waals surface area (Å²) in [6.45, 7) is 4.64. The van der Waals surface area contributed by atoms with Crippen molar-refractivity contribution in [1.82, 2.24) is 0 Å². The number of nitrogens with zero attached hydrogens (tertiary/aromatic N) is 1. The smallest absolute Gasteiger partial charge is 0.333 e. The first-order valence-electron chi connectivity index (χ1n) is 9.00. The van der Waals surface area contributed by atoms with Crippen molar-refractivity contribution < 1.29 is 29.2 Å². The first-order chi connectivity index (χ1) is 12.1. The first kappa shape index (κ1) is 18.5. The predicted octanol–water partition coefficient (Wildman–Crippen LogP) is 2.94. The molecule has 0 aromatic heterocycles. The molecule has 0 saturated carbocycles. The Labute approximate surface area is 146 Å². The van der Waals surface area contributed by atoms with Crippen LogP contribution >= 0.6 is 8.60 Å². The molecule has 0 spiro atoms. The molecular formula is C16H28NO6P. The standard InChI is InChI=1S/C16H28NO6P/c1-11-8-14(13(3)21-11)23-24(19-7-5-6-17)20-10-16-15(18-4)9-12(2)22-16/h11-16H,5,7-10H2,1-4H3/i3D. The second kappa shape index (κ2) is 9.98. The zero-order valence-electron chi connectivity index (χ0n) is 15.6. The van der Waals surface area contributed by atoms with Gasteiger partial charge in [-0.2, -0.15) is 5.26 Å². The van der Waals surface area contributed by atoms with E-state index in [1.165, 1.54) is 0 Å². The van der Waals surface area contributed by atoms with Gasteiger partial charge in [-0.3, -0.25) is 0 Å². The van der Waals surface area contributed by atoms with Crippen molar-refractivity contribution in [2.75, 3.05) is 20.3 Å². The molecule has 0 amide bonds. The van der Waals surface area contributed by atoms with E-state index in [-0.39, 0.29) is 56.6 Å². The maximum Gasteiger partial charge on any atom is 0.333 e. The first-order valence-corrected chi connectivity index (χ1v) is 9.39. The molecule has 2 fully saturated rings. The number of hydrogen-bond donors (Lipinski definition) is 0. The summed E-state index contributed by atoms with van der Waals surface area (Å²) in [6, 6.07) is 2.04. The quantitative estimate of drug-likeness (QED) is 0.461. The molecule has 0 N–H and O–H groups in total. The zero-order chi connectivity index (χ0) is 18.2. The van der Waals surface area contributed by atoms with Gasteiger partial charge in [0.1, 0.15) is 6.10 Å². The van der Waals surface area contributed by atoms with Gasteiger partial charge in [-0.15, -0.1) is 0 Å². The molecular weight excluding hydrogens is 333 g/mol. The summed E-state index contributed by atoms with van der Waals surface area (Å²) in [7, 11) is 0.0254. The fourth-order valence-electron chi connectivity index (χ4n) is 2.86.